The highest BCUT2D eigenvalue weighted by atomic mass is 19.1. The van der Waals surface area contributed by atoms with Crippen LogP contribution in [0, 0.1) is 17.0 Å². The van der Waals surface area contributed by atoms with E-state index in [2.05, 4.69) is 0 Å². The van der Waals surface area contributed by atoms with Gasteiger partial charge in [-0.05, 0) is 30.5 Å². The van der Waals surface area contributed by atoms with Gasteiger partial charge < -0.3 is 10.6 Å². The number of hydrogen-bond acceptors (Lipinski definition) is 2. The summed E-state index contributed by atoms with van der Waals surface area (Å²) >= 11 is 0. The van der Waals surface area contributed by atoms with E-state index in [9.17, 15) is 13.6 Å². The van der Waals surface area contributed by atoms with Crippen molar-refractivity contribution in [2.75, 3.05) is 19.6 Å². The van der Waals surface area contributed by atoms with Crippen LogP contribution in [-0.2, 0) is 0 Å². The van der Waals surface area contributed by atoms with Crippen LogP contribution >= 0.6 is 0 Å². The van der Waals surface area contributed by atoms with Crippen LogP contribution in [0.5, 0.6) is 0 Å². The molecule has 112 valence electrons. The van der Waals surface area contributed by atoms with E-state index in [0.29, 0.717) is 19.6 Å². The van der Waals surface area contributed by atoms with E-state index in [-0.39, 0.29) is 11.0 Å². The number of nitrogens with zero attached hydrogens (tertiary/aromatic N) is 1. The largest absolute Gasteiger partial charge is 0.338 e. The van der Waals surface area contributed by atoms with E-state index in [1.807, 2.05) is 20.8 Å². The van der Waals surface area contributed by atoms with Crippen molar-refractivity contribution in [3.63, 3.8) is 0 Å². The summed E-state index contributed by atoms with van der Waals surface area (Å²) in [6, 6.07) is 3.01. The highest BCUT2D eigenvalue weighted by molar-refractivity contribution is 5.94. The molecule has 0 unspecified atom stereocenters. The molecule has 0 aliphatic rings. The Morgan fingerprint density at radius 3 is 2.50 bits per heavy atom. The van der Waals surface area contributed by atoms with Crippen molar-refractivity contribution < 1.29 is 13.6 Å². The van der Waals surface area contributed by atoms with Crippen LogP contribution in [0.25, 0.3) is 0 Å². The highest BCUT2D eigenvalue weighted by Gasteiger charge is 2.25. The third-order valence-corrected chi connectivity index (χ3v) is 3.11. The fourth-order valence-electron chi connectivity index (χ4n) is 1.94. The van der Waals surface area contributed by atoms with Crippen LogP contribution in [0.2, 0.25) is 0 Å². The second-order valence-corrected chi connectivity index (χ2v) is 5.72. The van der Waals surface area contributed by atoms with E-state index < -0.39 is 17.5 Å². The van der Waals surface area contributed by atoms with E-state index in [1.54, 1.807) is 4.90 Å². The molecule has 2 N–H and O–H groups in total. The number of carbonyl (C=O) groups excluding carboxylic acids is 1. The summed E-state index contributed by atoms with van der Waals surface area (Å²) in [6.45, 7) is 7.21. The fraction of sp³-hybridized carbons (Fsp3) is 0.533. The number of benzene rings is 1. The van der Waals surface area contributed by atoms with Gasteiger partial charge in [-0.3, -0.25) is 4.79 Å². The lowest BCUT2D eigenvalue weighted by Crippen LogP contribution is -2.42. The van der Waals surface area contributed by atoms with Crippen LogP contribution in [0.4, 0.5) is 8.78 Å². The second-order valence-electron chi connectivity index (χ2n) is 5.72. The summed E-state index contributed by atoms with van der Waals surface area (Å²) in [5, 5.41) is 0. The minimum atomic E-state index is -0.832. The minimum absolute atomic E-state index is 0.104. The Bertz CT molecular complexity index is 475. The van der Waals surface area contributed by atoms with Crippen molar-refractivity contribution >= 4 is 5.91 Å². The van der Waals surface area contributed by atoms with E-state index in [4.69, 9.17) is 5.73 Å². The molecule has 1 amide bonds. The molecule has 1 rings (SSSR count). The summed E-state index contributed by atoms with van der Waals surface area (Å²) in [4.78, 5) is 14.0. The molecular formula is C15H22F2N2O. The summed E-state index contributed by atoms with van der Waals surface area (Å²) < 4.78 is 26.6. The van der Waals surface area contributed by atoms with Gasteiger partial charge in [-0.2, -0.15) is 0 Å². The van der Waals surface area contributed by atoms with E-state index in [0.717, 1.165) is 18.6 Å². The molecule has 0 radical (unpaired) electrons. The van der Waals surface area contributed by atoms with Crippen LogP contribution in [0.1, 0.15) is 37.6 Å². The first kappa shape index (κ1) is 16.6. The molecule has 0 saturated heterocycles. The smallest absolute Gasteiger partial charge is 0.256 e. The molecule has 0 aliphatic carbocycles. The van der Waals surface area contributed by atoms with Crippen LogP contribution < -0.4 is 5.73 Å². The lowest BCUT2D eigenvalue weighted by Gasteiger charge is -2.31. The van der Waals surface area contributed by atoms with Crippen molar-refractivity contribution in [2.45, 2.75) is 27.2 Å². The van der Waals surface area contributed by atoms with Gasteiger partial charge >= 0.3 is 0 Å². The first-order valence-electron chi connectivity index (χ1n) is 6.75. The Morgan fingerprint density at radius 2 is 2.00 bits per heavy atom. The molecule has 0 aliphatic heterocycles. The van der Waals surface area contributed by atoms with Gasteiger partial charge in [0.05, 0.1) is 5.56 Å². The van der Waals surface area contributed by atoms with Crippen molar-refractivity contribution in [1.29, 1.82) is 0 Å². The third kappa shape index (κ3) is 4.27. The first-order valence-corrected chi connectivity index (χ1v) is 6.75. The molecule has 20 heavy (non-hydrogen) atoms. The molecule has 0 atom stereocenters. The number of halogens is 2. The predicted molar refractivity (Wildman–Crippen MR) is 75.4 cm³/mol. The summed E-state index contributed by atoms with van der Waals surface area (Å²) in [5.74, 6) is -1.95. The summed E-state index contributed by atoms with van der Waals surface area (Å²) in [5.41, 5.74) is 5.33. The fourth-order valence-corrected chi connectivity index (χ4v) is 1.94. The van der Waals surface area contributed by atoms with Gasteiger partial charge in [-0.1, -0.05) is 20.8 Å². The Morgan fingerprint density at radius 1 is 1.35 bits per heavy atom. The van der Waals surface area contributed by atoms with Gasteiger partial charge in [-0.15, -0.1) is 0 Å². The molecule has 0 aromatic heterocycles. The molecule has 1 aromatic carbocycles. The summed E-state index contributed by atoms with van der Waals surface area (Å²) in [7, 11) is 0. The van der Waals surface area contributed by atoms with E-state index >= 15 is 0 Å². The number of hydrogen-bond donors (Lipinski definition) is 1. The number of amides is 1. The zero-order valence-corrected chi connectivity index (χ0v) is 12.2. The maximum atomic E-state index is 13.7. The Hall–Kier alpha value is -1.49. The van der Waals surface area contributed by atoms with E-state index in [1.165, 1.54) is 6.07 Å². The second kappa shape index (κ2) is 6.79. The molecule has 0 saturated carbocycles. The van der Waals surface area contributed by atoms with Gasteiger partial charge in [-0.25, -0.2) is 8.78 Å². The van der Waals surface area contributed by atoms with Crippen molar-refractivity contribution in [3.8, 4) is 0 Å². The van der Waals surface area contributed by atoms with Gasteiger partial charge in [0.25, 0.3) is 5.91 Å². The monoisotopic (exact) mass is 284 g/mol. The molecule has 0 bridgehead atoms. The van der Waals surface area contributed by atoms with Crippen LogP contribution in [0.15, 0.2) is 18.2 Å². The van der Waals surface area contributed by atoms with Crippen molar-refractivity contribution in [3.05, 3.63) is 35.4 Å². The first-order chi connectivity index (χ1) is 9.30. The average molecular weight is 284 g/mol. The Balaban J connectivity index is 2.99. The maximum Gasteiger partial charge on any atom is 0.256 e. The lowest BCUT2D eigenvalue weighted by molar-refractivity contribution is 0.0684. The molecule has 0 fully saturated rings. The lowest BCUT2D eigenvalue weighted by atomic mass is 9.92. The zero-order valence-electron chi connectivity index (χ0n) is 12.2. The van der Waals surface area contributed by atoms with Gasteiger partial charge in [0, 0.05) is 19.2 Å². The van der Waals surface area contributed by atoms with Gasteiger partial charge in [0.2, 0.25) is 0 Å². The quantitative estimate of drug-likeness (QED) is 0.873. The predicted octanol–water partition coefficient (Wildman–Crippen LogP) is 2.80. The summed E-state index contributed by atoms with van der Waals surface area (Å²) in [6.07, 6.45) is 0.759. The normalized spacial score (nSPS) is 11.5. The number of nitrogens with two attached hydrogens (primary N) is 1. The van der Waals surface area contributed by atoms with Gasteiger partial charge in [0.1, 0.15) is 11.6 Å². The topological polar surface area (TPSA) is 46.3 Å². The highest BCUT2D eigenvalue weighted by Crippen LogP contribution is 2.19. The van der Waals surface area contributed by atoms with Crippen LogP contribution in [-0.4, -0.2) is 30.4 Å². The molecule has 5 heteroatoms. The molecule has 0 spiro atoms. The molecular weight excluding hydrogens is 262 g/mol. The molecule has 1 aromatic rings. The molecule has 0 heterocycles. The Labute approximate surface area is 118 Å². The van der Waals surface area contributed by atoms with Crippen molar-refractivity contribution in [1.82, 2.24) is 4.90 Å². The number of rotatable bonds is 6. The van der Waals surface area contributed by atoms with Crippen molar-refractivity contribution in [2.24, 2.45) is 11.1 Å². The standard InChI is InChI=1S/C15H22F2N2O/c1-4-7-19(10-15(2,3)9-18)14(20)12-6-5-11(16)8-13(12)17/h5-6,8H,4,7,9-10,18H2,1-3H3. The van der Waals surface area contributed by atoms with Gasteiger partial charge in [0.15, 0.2) is 0 Å². The SMILES string of the molecule is CCCN(CC(C)(C)CN)C(=O)c1ccc(F)cc1F. The maximum absolute atomic E-state index is 13.7. The van der Waals surface area contributed by atoms with Crippen LogP contribution in [0.3, 0.4) is 0 Å². The zero-order chi connectivity index (χ0) is 15.3. The average Bonchev–Trinajstić information content (AvgIpc) is 2.37. The third-order valence-electron chi connectivity index (χ3n) is 3.11. The minimum Gasteiger partial charge on any atom is -0.338 e. The molecule has 3 nitrogen and oxygen atoms in total. The Kier molecular flexibility index (Phi) is 5.62. The number of carbonyl (C=O) groups is 1.